The molecule has 1 amide bonds. The second kappa shape index (κ2) is 7.83. The molecule has 2 aromatic heterocycles. The Hall–Kier alpha value is -3.33. The maximum absolute atomic E-state index is 12.8. The van der Waals surface area contributed by atoms with E-state index in [1.165, 1.54) is 30.4 Å². The lowest BCUT2D eigenvalue weighted by Crippen LogP contribution is -2.30. The summed E-state index contributed by atoms with van der Waals surface area (Å²) in [6.45, 7) is 1.47. The number of anilines is 1. The van der Waals surface area contributed by atoms with Crippen LogP contribution in [0.25, 0.3) is 16.2 Å². The van der Waals surface area contributed by atoms with E-state index in [4.69, 9.17) is 4.74 Å². The molecule has 0 bridgehead atoms. The Bertz CT molecular complexity index is 1150. The minimum atomic E-state index is -4.48. The van der Waals surface area contributed by atoms with Crippen molar-refractivity contribution in [2.45, 2.75) is 19.2 Å². The van der Waals surface area contributed by atoms with Crippen LogP contribution in [0.3, 0.4) is 0 Å². The number of rotatable bonds is 5. The van der Waals surface area contributed by atoms with E-state index in [0.717, 1.165) is 28.4 Å². The Morgan fingerprint density at radius 1 is 1.20 bits per heavy atom. The van der Waals surface area contributed by atoms with Crippen molar-refractivity contribution in [2.24, 2.45) is 0 Å². The van der Waals surface area contributed by atoms with Gasteiger partial charge < -0.3 is 10.1 Å². The van der Waals surface area contributed by atoms with Gasteiger partial charge in [-0.2, -0.15) is 13.2 Å². The number of carbonyl (C=O) groups is 1. The van der Waals surface area contributed by atoms with E-state index < -0.39 is 23.8 Å². The Balaban J connectivity index is 1.40. The number of imidazole rings is 1. The lowest BCUT2D eigenvalue weighted by molar-refractivity contribution is -0.137. The molecule has 30 heavy (non-hydrogen) atoms. The minimum Gasteiger partial charge on any atom is -0.481 e. The standard InChI is InChI=1S/C21H16F3N3O2S/c1-13(29-17-4-2-3-15(11-17)21(22,23)24)19(28)25-16-7-5-14(6-8-16)18-12-27-9-10-30-20(27)26-18/h2-13H,1H3,(H,25,28). The van der Waals surface area contributed by atoms with Gasteiger partial charge in [-0.1, -0.05) is 18.2 Å². The largest absolute Gasteiger partial charge is 0.481 e. The number of nitrogens with zero attached hydrogens (tertiary/aromatic N) is 2. The number of benzene rings is 2. The summed E-state index contributed by atoms with van der Waals surface area (Å²) in [7, 11) is 0. The summed E-state index contributed by atoms with van der Waals surface area (Å²) < 4.78 is 45.7. The first-order valence-electron chi connectivity index (χ1n) is 8.97. The topological polar surface area (TPSA) is 55.6 Å². The van der Waals surface area contributed by atoms with Gasteiger partial charge in [0.2, 0.25) is 0 Å². The van der Waals surface area contributed by atoms with E-state index in [0.29, 0.717) is 5.69 Å². The Morgan fingerprint density at radius 2 is 1.97 bits per heavy atom. The highest BCUT2D eigenvalue weighted by Gasteiger charge is 2.30. The third-order valence-electron chi connectivity index (χ3n) is 4.38. The van der Waals surface area contributed by atoms with Crippen LogP contribution in [0, 0.1) is 0 Å². The fourth-order valence-corrected chi connectivity index (χ4v) is 3.54. The van der Waals surface area contributed by atoms with Crippen molar-refractivity contribution in [2.75, 3.05) is 5.32 Å². The lowest BCUT2D eigenvalue weighted by atomic mass is 10.1. The van der Waals surface area contributed by atoms with Crippen LogP contribution in [0.1, 0.15) is 12.5 Å². The van der Waals surface area contributed by atoms with Crippen LogP contribution >= 0.6 is 11.3 Å². The Morgan fingerprint density at radius 3 is 2.67 bits per heavy atom. The van der Waals surface area contributed by atoms with Gasteiger partial charge in [-0.3, -0.25) is 9.20 Å². The quantitative estimate of drug-likeness (QED) is 0.455. The number of amides is 1. The maximum Gasteiger partial charge on any atom is 0.416 e. The van der Waals surface area contributed by atoms with Crippen molar-refractivity contribution >= 4 is 27.9 Å². The zero-order chi connectivity index (χ0) is 21.3. The molecule has 0 saturated heterocycles. The van der Waals surface area contributed by atoms with Crippen molar-refractivity contribution in [3.05, 3.63) is 71.9 Å². The van der Waals surface area contributed by atoms with Crippen molar-refractivity contribution in [1.29, 1.82) is 0 Å². The summed E-state index contributed by atoms with van der Waals surface area (Å²) in [5.41, 5.74) is 1.43. The molecule has 0 aliphatic heterocycles. The van der Waals surface area contributed by atoms with Crippen LogP contribution in [0.15, 0.2) is 66.3 Å². The molecule has 1 atom stereocenters. The summed E-state index contributed by atoms with van der Waals surface area (Å²) in [5.74, 6) is -0.495. The van der Waals surface area contributed by atoms with Crippen molar-refractivity contribution in [3.8, 4) is 17.0 Å². The van der Waals surface area contributed by atoms with Gasteiger partial charge in [0.15, 0.2) is 11.1 Å². The number of hydrogen-bond acceptors (Lipinski definition) is 4. The summed E-state index contributed by atoms with van der Waals surface area (Å²) in [6.07, 6.45) is -1.61. The first-order chi connectivity index (χ1) is 14.3. The van der Waals surface area contributed by atoms with Gasteiger partial charge in [0.1, 0.15) is 5.75 Å². The van der Waals surface area contributed by atoms with E-state index in [1.54, 1.807) is 12.1 Å². The SMILES string of the molecule is CC(Oc1cccc(C(F)(F)F)c1)C(=O)Nc1ccc(-c2cn3ccsc3n2)cc1. The summed E-state index contributed by atoms with van der Waals surface area (Å²) >= 11 is 1.54. The normalized spacial score (nSPS) is 12.7. The molecule has 4 rings (SSSR count). The zero-order valence-electron chi connectivity index (χ0n) is 15.7. The Labute approximate surface area is 173 Å². The summed E-state index contributed by atoms with van der Waals surface area (Å²) in [4.78, 5) is 17.8. The third-order valence-corrected chi connectivity index (χ3v) is 5.16. The van der Waals surface area contributed by atoms with Crippen LogP contribution in [-0.4, -0.2) is 21.4 Å². The van der Waals surface area contributed by atoms with Gasteiger partial charge in [0, 0.05) is 29.0 Å². The number of ether oxygens (including phenoxy) is 1. The number of nitrogens with one attached hydrogen (secondary N) is 1. The fraction of sp³-hybridized carbons (Fsp3) is 0.143. The van der Waals surface area contributed by atoms with Crippen LogP contribution in [0.4, 0.5) is 18.9 Å². The molecule has 2 heterocycles. The predicted octanol–water partition coefficient (Wildman–Crippen LogP) is 5.49. The zero-order valence-corrected chi connectivity index (χ0v) is 16.5. The fourth-order valence-electron chi connectivity index (χ4n) is 2.84. The first kappa shape index (κ1) is 20.0. The molecule has 0 aliphatic rings. The number of alkyl halides is 3. The van der Waals surface area contributed by atoms with Crippen LogP contribution in [0.2, 0.25) is 0 Å². The van der Waals surface area contributed by atoms with Crippen molar-refractivity contribution in [3.63, 3.8) is 0 Å². The molecular formula is C21H16F3N3O2S. The highest BCUT2D eigenvalue weighted by atomic mass is 32.1. The number of aromatic nitrogens is 2. The summed E-state index contributed by atoms with van der Waals surface area (Å²) in [6, 6.07) is 11.6. The average molecular weight is 431 g/mol. The van der Waals surface area contributed by atoms with Crippen LogP contribution < -0.4 is 10.1 Å². The molecule has 0 radical (unpaired) electrons. The van der Waals surface area contributed by atoms with Crippen LogP contribution in [-0.2, 0) is 11.0 Å². The molecule has 0 spiro atoms. The van der Waals surface area contributed by atoms with Crippen LogP contribution in [0.5, 0.6) is 5.75 Å². The second-order valence-corrected chi connectivity index (χ2v) is 7.44. The maximum atomic E-state index is 12.8. The molecule has 0 saturated carbocycles. The molecule has 154 valence electrons. The first-order valence-corrected chi connectivity index (χ1v) is 9.85. The van der Waals surface area contributed by atoms with E-state index in [1.807, 2.05) is 34.3 Å². The molecule has 0 aliphatic carbocycles. The van der Waals surface area contributed by atoms with E-state index in [-0.39, 0.29) is 5.75 Å². The van der Waals surface area contributed by atoms with Gasteiger partial charge in [0.05, 0.1) is 11.3 Å². The highest BCUT2D eigenvalue weighted by molar-refractivity contribution is 7.15. The lowest BCUT2D eigenvalue weighted by Gasteiger charge is -2.16. The monoisotopic (exact) mass is 431 g/mol. The molecule has 0 fully saturated rings. The smallest absolute Gasteiger partial charge is 0.416 e. The second-order valence-electron chi connectivity index (χ2n) is 6.57. The molecule has 9 heteroatoms. The number of fused-ring (bicyclic) bond motifs is 1. The summed E-state index contributed by atoms with van der Waals surface area (Å²) in [5, 5.41) is 4.65. The molecule has 5 nitrogen and oxygen atoms in total. The van der Waals surface area contributed by atoms with Gasteiger partial charge in [-0.25, -0.2) is 4.98 Å². The molecule has 4 aromatic rings. The van der Waals surface area contributed by atoms with Gasteiger partial charge >= 0.3 is 6.18 Å². The van der Waals surface area contributed by atoms with E-state index in [9.17, 15) is 18.0 Å². The molecule has 2 aromatic carbocycles. The van der Waals surface area contributed by atoms with E-state index in [2.05, 4.69) is 10.3 Å². The Kier molecular flexibility index (Phi) is 5.21. The van der Waals surface area contributed by atoms with Crippen molar-refractivity contribution in [1.82, 2.24) is 9.38 Å². The molecular weight excluding hydrogens is 415 g/mol. The number of carbonyl (C=O) groups excluding carboxylic acids is 1. The highest BCUT2D eigenvalue weighted by Crippen LogP contribution is 2.31. The predicted molar refractivity (Wildman–Crippen MR) is 109 cm³/mol. The molecule has 1 unspecified atom stereocenters. The van der Waals surface area contributed by atoms with Gasteiger partial charge in [-0.15, -0.1) is 11.3 Å². The minimum absolute atomic E-state index is 0.0254. The van der Waals surface area contributed by atoms with Crippen molar-refractivity contribution < 1.29 is 22.7 Å². The average Bonchev–Trinajstić information content (AvgIpc) is 3.30. The number of hydrogen-bond donors (Lipinski definition) is 1. The number of thiazole rings is 1. The number of halogens is 3. The van der Waals surface area contributed by atoms with Gasteiger partial charge in [-0.05, 0) is 37.3 Å². The molecule has 1 N–H and O–H groups in total. The van der Waals surface area contributed by atoms with Gasteiger partial charge in [0.25, 0.3) is 5.91 Å². The van der Waals surface area contributed by atoms with E-state index >= 15 is 0 Å². The third kappa shape index (κ3) is 4.30.